The Morgan fingerprint density at radius 1 is 1.38 bits per heavy atom. The summed E-state index contributed by atoms with van der Waals surface area (Å²) in [6, 6.07) is 3.74. The molecule has 0 radical (unpaired) electrons. The zero-order valence-electron chi connectivity index (χ0n) is 9.40. The number of carbonyl (C=O) groups excluding carboxylic acids is 1. The first-order valence-electron chi connectivity index (χ1n) is 4.83. The summed E-state index contributed by atoms with van der Waals surface area (Å²) < 4.78 is 13.3. The van der Waals surface area contributed by atoms with E-state index in [1.807, 2.05) is 20.8 Å². The van der Waals surface area contributed by atoms with Gasteiger partial charge in [-0.25, -0.2) is 9.18 Å². The summed E-state index contributed by atoms with van der Waals surface area (Å²) in [6.45, 7) is 5.49. The number of urea groups is 1. The van der Waals surface area contributed by atoms with Crippen LogP contribution >= 0.6 is 11.6 Å². The second-order valence-electron chi connectivity index (χ2n) is 4.43. The summed E-state index contributed by atoms with van der Waals surface area (Å²) in [6.07, 6.45) is 0. The van der Waals surface area contributed by atoms with Gasteiger partial charge in [0.25, 0.3) is 0 Å². The fourth-order valence-corrected chi connectivity index (χ4v) is 1.31. The molecule has 0 spiro atoms. The Hall–Kier alpha value is -1.29. The van der Waals surface area contributed by atoms with E-state index in [0.717, 1.165) is 0 Å². The maximum atomic E-state index is 13.3. The van der Waals surface area contributed by atoms with E-state index in [2.05, 4.69) is 10.6 Å². The van der Waals surface area contributed by atoms with Gasteiger partial charge in [0.05, 0.1) is 10.7 Å². The Balaban J connectivity index is 2.78. The van der Waals surface area contributed by atoms with Crippen LogP contribution in [0.2, 0.25) is 5.02 Å². The van der Waals surface area contributed by atoms with E-state index in [1.165, 1.54) is 18.2 Å². The molecule has 1 aromatic rings. The molecule has 1 aromatic carbocycles. The van der Waals surface area contributed by atoms with Crippen molar-refractivity contribution >= 4 is 23.3 Å². The second kappa shape index (κ2) is 4.70. The van der Waals surface area contributed by atoms with Crippen LogP contribution in [0.15, 0.2) is 18.2 Å². The molecule has 5 heteroatoms. The zero-order chi connectivity index (χ0) is 12.3. The third kappa shape index (κ3) is 3.70. The lowest BCUT2D eigenvalue weighted by Crippen LogP contribution is -2.43. The first-order valence-corrected chi connectivity index (χ1v) is 5.20. The van der Waals surface area contributed by atoms with E-state index in [1.54, 1.807) is 0 Å². The van der Waals surface area contributed by atoms with Crippen molar-refractivity contribution in [1.29, 1.82) is 0 Å². The third-order valence-corrected chi connectivity index (χ3v) is 2.00. The summed E-state index contributed by atoms with van der Waals surface area (Å²) in [5.41, 5.74) is -0.395. The van der Waals surface area contributed by atoms with E-state index >= 15 is 0 Å². The van der Waals surface area contributed by atoms with Crippen LogP contribution in [0.1, 0.15) is 20.8 Å². The molecule has 0 fully saturated rings. The number of halogens is 2. The van der Waals surface area contributed by atoms with Gasteiger partial charge < -0.3 is 10.6 Å². The molecule has 0 atom stereocenters. The largest absolute Gasteiger partial charge is 0.333 e. The van der Waals surface area contributed by atoms with E-state index < -0.39 is 11.8 Å². The molecule has 2 amide bonds. The fourth-order valence-electron chi connectivity index (χ4n) is 1.10. The molecule has 0 unspecified atom stereocenters. The Bertz CT molecular complexity index is 381. The quantitative estimate of drug-likeness (QED) is 0.781. The number of anilines is 1. The predicted octanol–water partition coefficient (Wildman–Crippen LogP) is 3.40. The number of nitrogens with one attached hydrogen (secondary N) is 2. The summed E-state index contributed by atoms with van der Waals surface area (Å²) in [4.78, 5) is 11.5. The Labute approximate surface area is 99.0 Å². The minimum Gasteiger partial charge on any atom is -0.333 e. The highest BCUT2D eigenvalue weighted by atomic mass is 35.5. The van der Waals surface area contributed by atoms with Crippen LogP contribution < -0.4 is 10.6 Å². The minimum atomic E-state index is -0.559. The van der Waals surface area contributed by atoms with E-state index in [4.69, 9.17) is 11.6 Å². The normalized spacial score (nSPS) is 11.1. The Morgan fingerprint density at radius 2 is 2.00 bits per heavy atom. The average Bonchev–Trinajstić information content (AvgIpc) is 2.08. The monoisotopic (exact) mass is 244 g/mol. The number of benzene rings is 1. The van der Waals surface area contributed by atoms with Gasteiger partial charge in [0.2, 0.25) is 0 Å². The number of hydrogen-bond donors (Lipinski definition) is 2. The van der Waals surface area contributed by atoms with Crippen molar-refractivity contribution in [2.45, 2.75) is 26.3 Å². The lowest BCUT2D eigenvalue weighted by molar-refractivity contribution is 0.243. The van der Waals surface area contributed by atoms with Crippen LogP contribution in [0.5, 0.6) is 0 Å². The van der Waals surface area contributed by atoms with Crippen molar-refractivity contribution in [2.24, 2.45) is 0 Å². The van der Waals surface area contributed by atoms with Gasteiger partial charge in [-0.2, -0.15) is 0 Å². The molecular formula is C11H14ClFN2O. The number of carbonyl (C=O) groups is 1. The highest BCUT2D eigenvalue weighted by molar-refractivity contribution is 6.33. The van der Waals surface area contributed by atoms with Gasteiger partial charge in [0.15, 0.2) is 0 Å². The SMILES string of the molecule is CC(C)(C)NC(=O)Nc1c(F)cccc1Cl. The molecule has 1 rings (SSSR count). The number of hydrogen-bond acceptors (Lipinski definition) is 1. The predicted molar refractivity (Wildman–Crippen MR) is 63.3 cm³/mol. The smallest absolute Gasteiger partial charge is 0.319 e. The molecule has 0 heterocycles. The number of para-hydroxylation sites is 1. The van der Waals surface area contributed by atoms with Crippen LogP contribution in [0, 0.1) is 5.82 Å². The molecule has 3 nitrogen and oxygen atoms in total. The van der Waals surface area contributed by atoms with E-state index in [9.17, 15) is 9.18 Å². The highest BCUT2D eigenvalue weighted by Crippen LogP contribution is 2.24. The van der Waals surface area contributed by atoms with Crippen molar-refractivity contribution in [3.63, 3.8) is 0 Å². The standard InChI is InChI=1S/C11H14ClFN2O/c1-11(2,3)15-10(16)14-9-7(12)5-4-6-8(9)13/h4-6H,1-3H3,(H2,14,15,16). The Kier molecular flexibility index (Phi) is 3.75. The van der Waals surface area contributed by atoms with E-state index in [0.29, 0.717) is 0 Å². The molecular weight excluding hydrogens is 231 g/mol. The van der Waals surface area contributed by atoms with Gasteiger partial charge in [-0.3, -0.25) is 0 Å². The van der Waals surface area contributed by atoms with Gasteiger partial charge >= 0.3 is 6.03 Å². The van der Waals surface area contributed by atoms with Crippen molar-refractivity contribution < 1.29 is 9.18 Å². The van der Waals surface area contributed by atoms with Crippen molar-refractivity contribution in [3.8, 4) is 0 Å². The van der Waals surface area contributed by atoms with Crippen LogP contribution in [-0.2, 0) is 0 Å². The van der Waals surface area contributed by atoms with Crippen LogP contribution in [0.4, 0.5) is 14.9 Å². The first-order chi connectivity index (χ1) is 7.29. The molecule has 0 aromatic heterocycles. The topological polar surface area (TPSA) is 41.1 Å². The van der Waals surface area contributed by atoms with E-state index in [-0.39, 0.29) is 16.2 Å². The van der Waals surface area contributed by atoms with Crippen LogP contribution in [0.25, 0.3) is 0 Å². The summed E-state index contributed by atoms with van der Waals surface area (Å²) >= 11 is 5.76. The zero-order valence-corrected chi connectivity index (χ0v) is 10.2. The molecule has 2 N–H and O–H groups in total. The lowest BCUT2D eigenvalue weighted by atomic mass is 10.1. The van der Waals surface area contributed by atoms with Gasteiger partial charge in [0, 0.05) is 5.54 Å². The van der Waals surface area contributed by atoms with Gasteiger partial charge in [-0.15, -0.1) is 0 Å². The molecule has 0 aliphatic heterocycles. The first kappa shape index (κ1) is 12.8. The average molecular weight is 245 g/mol. The molecule has 0 saturated carbocycles. The summed E-state index contributed by atoms with van der Waals surface area (Å²) in [5, 5.41) is 5.20. The molecule has 0 aliphatic carbocycles. The molecule has 88 valence electrons. The van der Waals surface area contributed by atoms with Crippen molar-refractivity contribution in [2.75, 3.05) is 5.32 Å². The van der Waals surface area contributed by atoms with Gasteiger partial charge in [-0.1, -0.05) is 17.7 Å². The highest BCUT2D eigenvalue weighted by Gasteiger charge is 2.16. The molecule has 0 saturated heterocycles. The third-order valence-electron chi connectivity index (χ3n) is 1.69. The number of rotatable bonds is 1. The summed E-state index contributed by atoms with van der Waals surface area (Å²) in [5.74, 6) is -0.559. The van der Waals surface area contributed by atoms with Gasteiger partial charge in [0.1, 0.15) is 5.82 Å². The molecule has 0 aliphatic rings. The fraction of sp³-hybridized carbons (Fsp3) is 0.364. The Morgan fingerprint density at radius 3 is 2.50 bits per heavy atom. The van der Waals surface area contributed by atoms with Crippen molar-refractivity contribution in [1.82, 2.24) is 5.32 Å². The maximum Gasteiger partial charge on any atom is 0.319 e. The molecule has 16 heavy (non-hydrogen) atoms. The number of amides is 2. The van der Waals surface area contributed by atoms with Gasteiger partial charge in [-0.05, 0) is 32.9 Å². The van der Waals surface area contributed by atoms with Crippen LogP contribution in [0.3, 0.4) is 0 Å². The summed E-state index contributed by atoms with van der Waals surface area (Å²) in [7, 11) is 0. The van der Waals surface area contributed by atoms with Crippen molar-refractivity contribution in [3.05, 3.63) is 29.0 Å². The molecule has 0 bridgehead atoms. The second-order valence-corrected chi connectivity index (χ2v) is 4.83. The lowest BCUT2D eigenvalue weighted by Gasteiger charge is -2.21. The minimum absolute atomic E-state index is 0.00841. The maximum absolute atomic E-state index is 13.3. The van der Waals surface area contributed by atoms with Crippen LogP contribution in [-0.4, -0.2) is 11.6 Å².